The number of benzene rings is 2. The second kappa shape index (κ2) is 10.4. The van der Waals surface area contributed by atoms with Gasteiger partial charge in [0.05, 0.1) is 17.7 Å². The summed E-state index contributed by atoms with van der Waals surface area (Å²) in [5, 5.41) is 9.77. The number of sulfone groups is 1. The summed E-state index contributed by atoms with van der Waals surface area (Å²) in [5.41, 5.74) is 8.04. The SMILES string of the molecule is COc1cc(N2CCN(C)CC2)ccc1Nc1nc(N)nn1C(=O)NCc1cccc(S(C)(=O)=O)c1. The Morgan fingerprint density at radius 1 is 1.14 bits per heavy atom. The van der Waals surface area contributed by atoms with Crippen molar-refractivity contribution in [3.63, 3.8) is 0 Å². The van der Waals surface area contributed by atoms with Crippen LogP contribution < -0.4 is 26.0 Å². The standard InChI is InChI=1S/C23H30N8O4S/c1-29-9-11-30(12-10-29)17-7-8-19(20(14-17)35-2)26-22-27-21(24)28-31(22)23(32)25-15-16-5-4-6-18(13-16)36(3,33)34/h4-8,13-14H,9-12,15H2,1-3H3,(H,25,32)(H3,24,26,27,28). The van der Waals surface area contributed by atoms with Gasteiger partial charge in [0.2, 0.25) is 11.9 Å². The largest absolute Gasteiger partial charge is 0.494 e. The van der Waals surface area contributed by atoms with Gasteiger partial charge in [-0.1, -0.05) is 12.1 Å². The Bertz CT molecular complexity index is 1350. The molecule has 192 valence electrons. The topological polar surface area (TPSA) is 148 Å². The number of nitrogen functional groups attached to an aromatic ring is 1. The van der Waals surface area contributed by atoms with E-state index < -0.39 is 15.9 Å². The number of aromatic nitrogens is 3. The zero-order chi connectivity index (χ0) is 25.9. The van der Waals surface area contributed by atoms with Crippen molar-refractivity contribution < 1.29 is 17.9 Å². The Morgan fingerprint density at radius 3 is 2.58 bits per heavy atom. The maximum atomic E-state index is 12.9. The van der Waals surface area contributed by atoms with Crippen molar-refractivity contribution in [1.82, 2.24) is 25.0 Å². The van der Waals surface area contributed by atoms with Crippen LogP contribution in [0, 0.1) is 0 Å². The lowest BCUT2D eigenvalue weighted by molar-refractivity contribution is 0.239. The Labute approximate surface area is 210 Å². The molecule has 4 rings (SSSR count). The van der Waals surface area contributed by atoms with Crippen LogP contribution in [0.5, 0.6) is 5.75 Å². The van der Waals surface area contributed by atoms with Crippen LogP contribution in [-0.4, -0.2) is 80.7 Å². The summed E-state index contributed by atoms with van der Waals surface area (Å²) in [4.78, 5) is 21.7. The second-order valence-electron chi connectivity index (χ2n) is 8.58. The van der Waals surface area contributed by atoms with E-state index in [1.807, 2.05) is 18.2 Å². The van der Waals surface area contributed by atoms with Gasteiger partial charge in [0.15, 0.2) is 9.84 Å². The Hall–Kier alpha value is -3.84. The Balaban J connectivity index is 1.49. The van der Waals surface area contributed by atoms with Crippen LogP contribution in [0.4, 0.5) is 28.1 Å². The van der Waals surface area contributed by atoms with Crippen LogP contribution in [0.15, 0.2) is 47.4 Å². The summed E-state index contributed by atoms with van der Waals surface area (Å²) in [6.45, 7) is 3.90. The lowest BCUT2D eigenvalue weighted by atomic mass is 10.2. The third-order valence-corrected chi connectivity index (χ3v) is 7.00. The number of piperazine rings is 1. The minimum Gasteiger partial charge on any atom is -0.494 e. The first-order valence-electron chi connectivity index (χ1n) is 11.3. The molecule has 0 bridgehead atoms. The second-order valence-corrected chi connectivity index (χ2v) is 10.6. The predicted molar refractivity (Wildman–Crippen MR) is 138 cm³/mol. The van der Waals surface area contributed by atoms with Crippen molar-refractivity contribution in [3.05, 3.63) is 48.0 Å². The molecule has 1 saturated heterocycles. The van der Waals surface area contributed by atoms with Crippen molar-refractivity contribution in [2.45, 2.75) is 11.4 Å². The highest BCUT2D eigenvalue weighted by Gasteiger charge is 2.19. The minimum atomic E-state index is -3.36. The van der Waals surface area contributed by atoms with Gasteiger partial charge in [-0.2, -0.15) is 4.98 Å². The number of carbonyl (C=O) groups is 1. The van der Waals surface area contributed by atoms with Crippen molar-refractivity contribution in [2.24, 2.45) is 0 Å². The molecule has 3 aromatic rings. The molecule has 13 heteroatoms. The van der Waals surface area contributed by atoms with E-state index in [0.717, 1.165) is 42.8 Å². The van der Waals surface area contributed by atoms with E-state index in [9.17, 15) is 13.2 Å². The third-order valence-electron chi connectivity index (χ3n) is 5.89. The van der Waals surface area contributed by atoms with Gasteiger partial charge in [-0.05, 0) is 36.9 Å². The fraction of sp³-hybridized carbons (Fsp3) is 0.348. The molecular formula is C23H30N8O4S. The van der Waals surface area contributed by atoms with E-state index in [2.05, 4.69) is 37.6 Å². The van der Waals surface area contributed by atoms with E-state index >= 15 is 0 Å². The molecule has 2 heterocycles. The van der Waals surface area contributed by atoms with Gasteiger partial charge in [0.1, 0.15) is 5.75 Å². The molecule has 1 aromatic heterocycles. The van der Waals surface area contributed by atoms with Gasteiger partial charge in [-0.25, -0.2) is 13.2 Å². The van der Waals surface area contributed by atoms with E-state index in [1.54, 1.807) is 19.2 Å². The number of methoxy groups -OCH3 is 1. The molecule has 0 aliphatic carbocycles. The highest BCUT2D eigenvalue weighted by atomic mass is 32.2. The summed E-state index contributed by atoms with van der Waals surface area (Å²) in [7, 11) is 0.324. The van der Waals surface area contributed by atoms with Crippen LogP contribution in [0.3, 0.4) is 0 Å². The number of nitrogens with zero attached hydrogens (tertiary/aromatic N) is 5. The molecule has 0 saturated carbocycles. The van der Waals surface area contributed by atoms with Crippen molar-refractivity contribution >= 4 is 39.1 Å². The summed E-state index contributed by atoms with van der Waals surface area (Å²) in [6, 6.07) is 11.5. The molecular weight excluding hydrogens is 484 g/mol. The number of anilines is 4. The zero-order valence-corrected chi connectivity index (χ0v) is 21.2. The molecule has 4 N–H and O–H groups in total. The minimum absolute atomic E-state index is 0.0836. The van der Waals surface area contributed by atoms with Crippen molar-refractivity contribution in [3.8, 4) is 5.75 Å². The van der Waals surface area contributed by atoms with Crippen LogP contribution in [0.25, 0.3) is 0 Å². The van der Waals surface area contributed by atoms with Gasteiger partial charge >= 0.3 is 6.03 Å². The van der Waals surface area contributed by atoms with Gasteiger partial charge in [0.25, 0.3) is 0 Å². The summed E-state index contributed by atoms with van der Waals surface area (Å²) in [6.07, 6.45) is 1.13. The molecule has 1 amide bonds. The molecule has 36 heavy (non-hydrogen) atoms. The summed E-state index contributed by atoms with van der Waals surface area (Å²) >= 11 is 0. The monoisotopic (exact) mass is 514 g/mol. The van der Waals surface area contributed by atoms with E-state index in [-0.39, 0.29) is 23.3 Å². The number of nitrogens with one attached hydrogen (secondary N) is 2. The third kappa shape index (κ3) is 5.86. The molecule has 0 radical (unpaired) electrons. The maximum Gasteiger partial charge on any atom is 0.345 e. The van der Waals surface area contributed by atoms with Crippen LogP contribution in [-0.2, 0) is 16.4 Å². The van der Waals surface area contributed by atoms with Crippen LogP contribution in [0.2, 0.25) is 0 Å². The van der Waals surface area contributed by atoms with E-state index in [0.29, 0.717) is 17.0 Å². The number of carbonyl (C=O) groups excluding carboxylic acids is 1. The van der Waals surface area contributed by atoms with Crippen molar-refractivity contribution in [2.75, 3.05) is 62.5 Å². The number of hydrogen-bond donors (Lipinski definition) is 3. The zero-order valence-electron chi connectivity index (χ0n) is 20.4. The predicted octanol–water partition coefficient (Wildman–Crippen LogP) is 1.53. The molecule has 0 spiro atoms. The first-order chi connectivity index (χ1) is 17.1. The summed E-state index contributed by atoms with van der Waals surface area (Å²) in [5.74, 6) is 0.609. The highest BCUT2D eigenvalue weighted by Crippen LogP contribution is 2.32. The van der Waals surface area contributed by atoms with Crippen molar-refractivity contribution in [1.29, 1.82) is 0 Å². The van der Waals surface area contributed by atoms with Gasteiger partial charge in [-0.15, -0.1) is 9.78 Å². The lowest BCUT2D eigenvalue weighted by Crippen LogP contribution is -2.44. The molecule has 12 nitrogen and oxygen atoms in total. The number of likely N-dealkylation sites (N-methyl/N-ethyl adjacent to an activating group) is 1. The number of nitrogens with two attached hydrogens (primary N) is 1. The average Bonchev–Trinajstić information content (AvgIpc) is 3.23. The number of ether oxygens (including phenoxy) is 1. The van der Waals surface area contributed by atoms with E-state index in [4.69, 9.17) is 10.5 Å². The molecule has 2 aromatic carbocycles. The van der Waals surface area contributed by atoms with E-state index in [1.165, 1.54) is 12.1 Å². The highest BCUT2D eigenvalue weighted by molar-refractivity contribution is 7.90. The quantitative estimate of drug-likeness (QED) is 0.424. The molecule has 1 fully saturated rings. The fourth-order valence-electron chi connectivity index (χ4n) is 3.85. The number of hydrogen-bond acceptors (Lipinski definition) is 10. The molecule has 0 unspecified atom stereocenters. The van der Waals surface area contributed by atoms with Gasteiger partial charge in [-0.3, -0.25) is 0 Å². The number of amides is 1. The Morgan fingerprint density at radius 2 is 1.89 bits per heavy atom. The first-order valence-corrected chi connectivity index (χ1v) is 13.2. The van der Waals surface area contributed by atoms with Gasteiger partial charge < -0.3 is 30.9 Å². The van der Waals surface area contributed by atoms with Crippen LogP contribution in [0.1, 0.15) is 5.56 Å². The van der Waals surface area contributed by atoms with Gasteiger partial charge in [0, 0.05) is 50.7 Å². The fourth-order valence-corrected chi connectivity index (χ4v) is 4.55. The molecule has 1 aliphatic heterocycles. The number of rotatable bonds is 7. The lowest BCUT2D eigenvalue weighted by Gasteiger charge is -2.34. The molecule has 1 aliphatic rings. The summed E-state index contributed by atoms with van der Waals surface area (Å²) < 4.78 is 30.2. The van der Waals surface area contributed by atoms with Crippen LogP contribution >= 0.6 is 0 Å². The first kappa shape index (κ1) is 25.3. The maximum absolute atomic E-state index is 12.9. The normalized spacial score (nSPS) is 14.5. The molecule has 0 atom stereocenters. The Kier molecular flexibility index (Phi) is 7.31. The average molecular weight is 515 g/mol. The smallest absolute Gasteiger partial charge is 0.345 e.